The SMILES string of the molecule is COC(=O)C(CC(C)C)NC(=O)c1cc([N+](=O)[O-])c(Cl)c([N+](=O)[O-])c1. The van der Waals surface area contributed by atoms with Crippen LogP contribution in [0.25, 0.3) is 0 Å². The van der Waals surface area contributed by atoms with E-state index in [9.17, 15) is 29.8 Å². The van der Waals surface area contributed by atoms with Gasteiger partial charge in [-0.05, 0) is 12.3 Å². The number of nitro benzene ring substituents is 2. The average Bonchev–Trinajstić information content (AvgIpc) is 2.52. The van der Waals surface area contributed by atoms with E-state index in [1.807, 2.05) is 13.8 Å². The minimum atomic E-state index is -0.994. The molecular weight excluding hydrogens is 358 g/mol. The summed E-state index contributed by atoms with van der Waals surface area (Å²) in [7, 11) is 1.15. The van der Waals surface area contributed by atoms with Crippen molar-refractivity contribution in [3.8, 4) is 0 Å². The third-order valence-electron chi connectivity index (χ3n) is 3.19. The Morgan fingerprint density at radius 2 is 1.68 bits per heavy atom. The second-order valence-electron chi connectivity index (χ2n) is 5.52. The number of nitrogens with zero attached hydrogens (tertiary/aromatic N) is 2. The quantitative estimate of drug-likeness (QED) is 0.439. The highest BCUT2D eigenvalue weighted by Crippen LogP contribution is 2.34. The molecule has 0 aliphatic heterocycles. The van der Waals surface area contributed by atoms with Crippen molar-refractivity contribution in [2.75, 3.05) is 7.11 Å². The van der Waals surface area contributed by atoms with E-state index >= 15 is 0 Å². The van der Waals surface area contributed by atoms with Gasteiger partial charge in [0.2, 0.25) is 0 Å². The van der Waals surface area contributed by atoms with Crippen LogP contribution in [0.1, 0.15) is 30.6 Å². The maximum Gasteiger partial charge on any atom is 0.328 e. The standard InChI is InChI=1S/C14H16ClN3O7/c1-7(2)4-9(14(20)25-3)16-13(19)8-5-10(17(21)22)12(15)11(6-8)18(23)24/h5-7,9H,4H2,1-3H3,(H,16,19). The molecule has 0 bridgehead atoms. The summed E-state index contributed by atoms with van der Waals surface area (Å²) in [5, 5.41) is 23.7. The normalized spacial score (nSPS) is 11.7. The van der Waals surface area contributed by atoms with E-state index in [0.29, 0.717) is 0 Å². The van der Waals surface area contributed by atoms with Crippen molar-refractivity contribution >= 4 is 34.9 Å². The van der Waals surface area contributed by atoms with Crippen LogP contribution in [0.4, 0.5) is 11.4 Å². The summed E-state index contributed by atoms with van der Waals surface area (Å²) in [6, 6.07) is 0.634. The van der Waals surface area contributed by atoms with Crippen LogP contribution in [0.5, 0.6) is 0 Å². The molecule has 0 radical (unpaired) electrons. The number of amides is 1. The number of carbonyl (C=O) groups is 2. The lowest BCUT2D eigenvalue weighted by Crippen LogP contribution is -2.42. The number of nitrogens with one attached hydrogen (secondary N) is 1. The Labute approximate surface area is 147 Å². The van der Waals surface area contributed by atoms with Crippen LogP contribution in [0.2, 0.25) is 5.02 Å². The number of methoxy groups -OCH3 is 1. The summed E-state index contributed by atoms with van der Waals surface area (Å²) in [6.07, 6.45) is 0.260. The van der Waals surface area contributed by atoms with Crippen LogP contribution in [0.3, 0.4) is 0 Å². The number of carbonyl (C=O) groups excluding carboxylic acids is 2. The van der Waals surface area contributed by atoms with E-state index in [4.69, 9.17) is 11.6 Å². The van der Waals surface area contributed by atoms with Crippen LogP contribution in [0, 0.1) is 26.1 Å². The van der Waals surface area contributed by atoms with Crippen LogP contribution in [-0.2, 0) is 9.53 Å². The molecule has 1 aromatic carbocycles. The van der Waals surface area contributed by atoms with Crippen molar-refractivity contribution in [3.05, 3.63) is 42.9 Å². The molecule has 1 atom stereocenters. The first-order valence-electron chi connectivity index (χ1n) is 7.09. The highest BCUT2D eigenvalue weighted by molar-refractivity contribution is 6.35. The second kappa shape index (κ2) is 8.38. The highest BCUT2D eigenvalue weighted by atomic mass is 35.5. The van der Waals surface area contributed by atoms with E-state index in [1.54, 1.807) is 0 Å². The number of nitro groups is 2. The number of halogens is 1. The van der Waals surface area contributed by atoms with Crippen molar-refractivity contribution in [2.45, 2.75) is 26.3 Å². The lowest BCUT2D eigenvalue weighted by molar-refractivity contribution is -0.393. The summed E-state index contributed by atoms with van der Waals surface area (Å²) in [5.41, 5.74) is -1.92. The molecular formula is C14H16ClN3O7. The fourth-order valence-electron chi connectivity index (χ4n) is 2.06. The molecule has 0 fully saturated rings. The van der Waals surface area contributed by atoms with Crippen molar-refractivity contribution in [1.82, 2.24) is 5.32 Å². The minimum Gasteiger partial charge on any atom is -0.467 e. The molecule has 10 nitrogen and oxygen atoms in total. The molecule has 0 aliphatic carbocycles. The molecule has 0 saturated heterocycles. The lowest BCUT2D eigenvalue weighted by atomic mass is 10.0. The fraction of sp³-hybridized carbons (Fsp3) is 0.429. The van der Waals surface area contributed by atoms with Gasteiger partial charge < -0.3 is 10.1 Å². The summed E-state index contributed by atoms with van der Waals surface area (Å²) >= 11 is 5.63. The van der Waals surface area contributed by atoms with Gasteiger partial charge in [0.1, 0.15) is 6.04 Å². The molecule has 0 spiro atoms. The van der Waals surface area contributed by atoms with E-state index in [2.05, 4.69) is 10.1 Å². The topological polar surface area (TPSA) is 142 Å². The third-order valence-corrected chi connectivity index (χ3v) is 3.58. The Kier molecular flexibility index (Phi) is 6.80. The summed E-state index contributed by atoms with van der Waals surface area (Å²) in [4.78, 5) is 44.2. The van der Waals surface area contributed by atoms with Crippen molar-refractivity contribution in [1.29, 1.82) is 0 Å². The van der Waals surface area contributed by atoms with Gasteiger partial charge in [-0.1, -0.05) is 25.4 Å². The maximum atomic E-state index is 12.3. The molecule has 0 heterocycles. The van der Waals surface area contributed by atoms with Crippen molar-refractivity contribution in [3.63, 3.8) is 0 Å². The third kappa shape index (κ3) is 5.11. The fourth-order valence-corrected chi connectivity index (χ4v) is 2.31. The van der Waals surface area contributed by atoms with Crippen LogP contribution < -0.4 is 5.32 Å². The first-order valence-corrected chi connectivity index (χ1v) is 7.47. The predicted molar refractivity (Wildman–Crippen MR) is 87.5 cm³/mol. The molecule has 0 saturated carbocycles. The van der Waals surface area contributed by atoms with Gasteiger partial charge >= 0.3 is 5.97 Å². The molecule has 1 rings (SSSR count). The van der Waals surface area contributed by atoms with E-state index < -0.39 is 44.2 Å². The molecule has 11 heteroatoms. The van der Waals surface area contributed by atoms with Gasteiger partial charge in [-0.25, -0.2) is 4.79 Å². The van der Waals surface area contributed by atoms with E-state index in [0.717, 1.165) is 19.2 Å². The Hall–Kier alpha value is -2.75. The van der Waals surface area contributed by atoms with Crippen molar-refractivity contribution < 1.29 is 24.2 Å². The van der Waals surface area contributed by atoms with Gasteiger partial charge in [-0.15, -0.1) is 0 Å². The monoisotopic (exact) mass is 373 g/mol. The van der Waals surface area contributed by atoms with E-state index in [-0.39, 0.29) is 17.9 Å². The zero-order valence-corrected chi connectivity index (χ0v) is 14.4. The van der Waals surface area contributed by atoms with Crippen LogP contribution in [-0.4, -0.2) is 34.9 Å². The zero-order chi connectivity index (χ0) is 19.3. The molecule has 0 aliphatic rings. The van der Waals surface area contributed by atoms with Gasteiger partial charge in [-0.2, -0.15) is 0 Å². The van der Waals surface area contributed by atoms with E-state index in [1.165, 1.54) is 0 Å². The number of ether oxygens (including phenoxy) is 1. The largest absolute Gasteiger partial charge is 0.467 e. The molecule has 1 unspecified atom stereocenters. The molecule has 1 N–H and O–H groups in total. The number of esters is 1. The number of benzene rings is 1. The van der Waals surface area contributed by atoms with Crippen LogP contribution in [0.15, 0.2) is 12.1 Å². The van der Waals surface area contributed by atoms with Gasteiger partial charge in [0.25, 0.3) is 17.3 Å². The predicted octanol–water partition coefficient (Wildman–Crippen LogP) is 2.47. The maximum absolute atomic E-state index is 12.3. The molecule has 25 heavy (non-hydrogen) atoms. The number of hydrogen-bond donors (Lipinski definition) is 1. The van der Waals surface area contributed by atoms with Crippen LogP contribution >= 0.6 is 11.6 Å². The Morgan fingerprint density at radius 1 is 1.20 bits per heavy atom. The van der Waals surface area contributed by atoms with Gasteiger partial charge in [0, 0.05) is 12.1 Å². The Morgan fingerprint density at radius 3 is 2.04 bits per heavy atom. The molecule has 1 amide bonds. The van der Waals surface area contributed by atoms with Gasteiger partial charge in [0.05, 0.1) is 22.5 Å². The molecule has 0 aromatic heterocycles. The second-order valence-corrected chi connectivity index (χ2v) is 5.90. The lowest BCUT2D eigenvalue weighted by Gasteiger charge is -2.18. The summed E-state index contributed by atoms with van der Waals surface area (Å²) < 4.78 is 4.60. The smallest absolute Gasteiger partial charge is 0.328 e. The average molecular weight is 374 g/mol. The highest BCUT2D eigenvalue weighted by Gasteiger charge is 2.29. The summed E-state index contributed by atoms with van der Waals surface area (Å²) in [6.45, 7) is 3.64. The Balaban J connectivity index is 3.25. The first-order chi connectivity index (χ1) is 11.6. The zero-order valence-electron chi connectivity index (χ0n) is 13.6. The molecule has 1 aromatic rings. The molecule has 136 valence electrons. The number of hydrogen-bond acceptors (Lipinski definition) is 7. The summed E-state index contributed by atoms with van der Waals surface area (Å²) in [5.74, 6) is -1.54. The Bertz CT molecular complexity index is 685. The first kappa shape index (κ1) is 20.3. The number of rotatable bonds is 7. The van der Waals surface area contributed by atoms with Gasteiger partial charge in [-0.3, -0.25) is 25.0 Å². The minimum absolute atomic E-state index is 0.0401. The van der Waals surface area contributed by atoms with Crippen molar-refractivity contribution in [2.24, 2.45) is 5.92 Å². The van der Waals surface area contributed by atoms with Gasteiger partial charge in [0.15, 0.2) is 5.02 Å².